The van der Waals surface area contributed by atoms with Gasteiger partial charge in [-0.1, -0.05) is 401 Å². The van der Waals surface area contributed by atoms with Gasteiger partial charge in [0.15, 0.2) is 12.2 Å². The molecule has 0 bridgehead atoms. The second-order valence-electron chi connectivity index (χ2n) is 30.7. The van der Waals surface area contributed by atoms with Crippen molar-refractivity contribution in [1.29, 1.82) is 0 Å². The van der Waals surface area contributed by atoms with Crippen LogP contribution >= 0.6 is 15.6 Å². The Labute approximate surface area is 632 Å². The molecule has 0 spiro atoms. The second kappa shape index (κ2) is 76.8. The van der Waals surface area contributed by atoms with Crippen molar-refractivity contribution in [2.75, 3.05) is 39.6 Å². The van der Waals surface area contributed by atoms with Gasteiger partial charge in [-0.15, -0.1) is 0 Å². The molecule has 3 N–H and O–H groups in total. The average Bonchev–Trinajstić information content (AvgIpc) is 1.27. The van der Waals surface area contributed by atoms with Crippen LogP contribution in [0.15, 0.2) is 0 Å². The van der Waals surface area contributed by atoms with Crippen molar-refractivity contribution in [2.45, 2.75) is 470 Å². The number of esters is 4. The summed E-state index contributed by atoms with van der Waals surface area (Å²) in [4.78, 5) is 73.1. The molecule has 0 aromatic heterocycles. The molecule has 0 aromatic carbocycles. The highest BCUT2D eigenvalue weighted by Gasteiger charge is 2.30. The number of aliphatic hydroxyl groups is 1. The van der Waals surface area contributed by atoms with Crippen molar-refractivity contribution in [1.82, 2.24) is 0 Å². The highest BCUT2D eigenvalue weighted by atomic mass is 31.2. The predicted octanol–water partition coefficient (Wildman–Crippen LogP) is 25.6. The Bertz CT molecular complexity index is 1960. The maximum Gasteiger partial charge on any atom is 0.472 e. The number of hydrogen-bond donors (Lipinski definition) is 3. The second-order valence-corrected chi connectivity index (χ2v) is 33.6. The maximum atomic E-state index is 13.1. The summed E-state index contributed by atoms with van der Waals surface area (Å²) in [6, 6.07) is 0. The number of aliphatic hydroxyl groups excluding tert-OH is 1. The first kappa shape index (κ1) is 101. The molecule has 5 atom stereocenters. The van der Waals surface area contributed by atoms with Gasteiger partial charge in [0, 0.05) is 25.7 Å². The van der Waals surface area contributed by atoms with Crippen LogP contribution in [0.4, 0.5) is 0 Å². The number of unbranched alkanes of at least 4 members (excludes halogenated alkanes) is 56. The molecule has 0 radical (unpaired) electrons. The van der Waals surface area contributed by atoms with Gasteiger partial charge in [-0.05, 0) is 31.6 Å². The van der Waals surface area contributed by atoms with Crippen LogP contribution in [-0.4, -0.2) is 96.7 Å². The zero-order chi connectivity index (χ0) is 75.5. The Kier molecular flexibility index (Phi) is 75.4. The minimum atomic E-state index is -4.96. The van der Waals surface area contributed by atoms with Crippen LogP contribution in [0, 0.1) is 5.92 Å². The first-order valence-corrected chi connectivity index (χ1v) is 46.6. The normalized spacial score (nSPS) is 13.8. The van der Waals surface area contributed by atoms with E-state index in [1.165, 1.54) is 276 Å². The Morgan fingerprint density at radius 1 is 0.262 bits per heavy atom. The fraction of sp³-hybridized carbons (Fsp3) is 0.952. The number of carbonyl (C=O) groups is 4. The maximum absolute atomic E-state index is 13.1. The molecule has 19 heteroatoms. The lowest BCUT2D eigenvalue weighted by atomic mass is 10.0. The molecule has 0 heterocycles. The quantitative estimate of drug-likeness (QED) is 0.0222. The molecule has 0 aliphatic carbocycles. The van der Waals surface area contributed by atoms with Crippen LogP contribution in [0.25, 0.3) is 0 Å². The Balaban J connectivity index is 5.23. The minimum absolute atomic E-state index is 0.108. The van der Waals surface area contributed by atoms with Gasteiger partial charge in [0.1, 0.15) is 19.3 Å². The van der Waals surface area contributed by atoms with E-state index in [-0.39, 0.29) is 25.7 Å². The molecule has 0 fully saturated rings. The lowest BCUT2D eigenvalue weighted by Gasteiger charge is -2.21. The van der Waals surface area contributed by atoms with E-state index < -0.39 is 97.5 Å². The third-order valence-electron chi connectivity index (χ3n) is 19.8. The summed E-state index contributed by atoms with van der Waals surface area (Å²) < 4.78 is 68.8. The van der Waals surface area contributed by atoms with E-state index in [1.807, 2.05) is 0 Å². The third kappa shape index (κ3) is 78.0. The van der Waals surface area contributed by atoms with Gasteiger partial charge in [-0.25, -0.2) is 9.13 Å². The number of carbonyl (C=O) groups excluding carboxylic acids is 4. The van der Waals surface area contributed by atoms with Crippen LogP contribution < -0.4 is 0 Å². The summed E-state index contributed by atoms with van der Waals surface area (Å²) in [7, 11) is -9.92. The van der Waals surface area contributed by atoms with E-state index in [0.717, 1.165) is 95.8 Å². The van der Waals surface area contributed by atoms with E-state index >= 15 is 0 Å². The summed E-state index contributed by atoms with van der Waals surface area (Å²) in [6.45, 7) is 7.31. The van der Waals surface area contributed by atoms with E-state index in [0.29, 0.717) is 25.7 Å². The first-order valence-electron chi connectivity index (χ1n) is 43.6. The molecule has 0 rings (SSSR count). The standard InChI is InChI=1S/C84H164O17P2/c1-6-9-12-15-18-21-24-27-29-31-33-35-37-39-42-45-48-55-60-65-70-84(89)100-79(73-94-81(86)67-62-57-52-46-43-41-38-36-34-32-30-28-25-22-19-16-13-10-7-2)75-98-102(90,91)96-71-78(85)72-97-103(92,93)99-76-80(74-95-82(87)68-63-58-53-50-49-51-56-61-66-77(4)5)101-83(88)69-64-59-54-47-44-40-26-23-20-17-14-11-8-3/h77-80,85H,6-76H2,1-5H3,(H,90,91)(H,92,93)/t78-,79-,80-/m1/s1. The highest BCUT2D eigenvalue weighted by molar-refractivity contribution is 7.47. The number of hydrogen-bond acceptors (Lipinski definition) is 15. The summed E-state index contributed by atoms with van der Waals surface area (Å²) in [5, 5.41) is 10.7. The zero-order valence-electron chi connectivity index (χ0n) is 67.5. The molecular weight excluding hydrogens is 1340 g/mol. The smallest absolute Gasteiger partial charge is 0.462 e. The fourth-order valence-corrected chi connectivity index (χ4v) is 14.7. The highest BCUT2D eigenvalue weighted by Crippen LogP contribution is 2.45. The van der Waals surface area contributed by atoms with Gasteiger partial charge in [-0.3, -0.25) is 37.3 Å². The van der Waals surface area contributed by atoms with E-state index in [1.54, 1.807) is 0 Å². The molecular formula is C84H164O17P2. The average molecular weight is 1510 g/mol. The van der Waals surface area contributed by atoms with Gasteiger partial charge in [0.25, 0.3) is 0 Å². The molecule has 103 heavy (non-hydrogen) atoms. The van der Waals surface area contributed by atoms with E-state index in [2.05, 4.69) is 34.6 Å². The largest absolute Gasteiger partial charge is 0.472 e. The van der Waals surface area contributed by atoms with E-state index in [4.69, 9.17) is 37.0 Å². The van der Waals surface area contributed by atoms with Crippen molar-refractivity contribution in [2.24, 2.45) is 5.92 Å². The molecule has 2 unspecified atom stereocenters. The zero-order valence-corrected chi connectivity index (χ0v) is 69.3. The van der Waals surface area contributed by atoms with Crippen LogP contribution in [0.1, 0.15) is 452 Å². The molecule has 17 nitrogen and oxygen atoms in total. The lowest BCUT2D eigenvalue weighted by Crippen LogP contribution is -2.30. The number of rotatable bonds is 84. The van der Waals surface area contributed by atoms with Crippen molar-refractivity contribution in [3.63, 3.8) is 0 Å². The van der Waals surface area contributed by atoms with Crippen molar-refractivity contribution < 1.29 is 80.2 Å². The molecule has 0 aliphatic rings. The van der Waals surface area contributed by atoms with Gasteiger partial charge >= 0.3 is 39.5 Å². The minimum Gasteiger partial charge on any atom is -0.462 e. The molecule has 0 saturated carbocycles. The summed E-state index contributed by atoms with van der Waals surface area (Å²) in [6.07, 6.45) is 69.5. The van der Waals surface area contributed by atoms with Crippen LogP contribution in [0.2, 0.25) is 0 Å². The predicted molar refractivity (Wildman–Crippen MR) is 423 cm³/mol. The third-order valence-corrected chi connectivity index (χ3v) is 21.7. The Hall–Kier alpha value is -1.94. The topological polar surface area (TPSA) is 237 Å². The van der Waals surface area contributed by atoms with Crippen molar-refractivity contribution in [3.05, 3.63) is 0 Å². The summed E-state index contributed by atoms with van der Waals surface area (Å²) in [5.41, 5.74) is 0. The van der Waals surface area contributed by atoms with Gasteiger partial charge < -0.3 is 33.8 Å². The Morgan fingerprint density at radius 2 is 0.447 bits per heavy atom. The van der Waals surface area contributed by atoms with Crippen LogP contribution in [0.3, 0.4) is 0 Å². The first-order chi connectivity index (χ1) is 50.0. The molecule has 0 aliphatic heterocycles. The molecule has 0 aromatic rings. The summed E-state index contributed by atoms with van der Waals surface area (Å²) in [5.74, 6) is -1.38. The Morgan fingerprint density at radius 3 is 0.660 bits per heavy atom. The number of phosphoric acid groups is 2. The molecule has 0 amide bonds. The SMILES string of the molecule is CCCCCCCCCCCCCCCCCCCCCCC(=O)O[C@H](COC(=O)CCCCCCCCCCCCCCCCCCCCC)COP(=O)(O)OC[C@@H](O)COP(=O)(O)OC[C@@H](COC(=O)CCCCCCCCCCC(C)C)OC(=O)CCCCCCCCCCCCCCC. The number of phosphoric ester groups is 2. The van der Waals surface area contributed by atoms with E-state index in [9.17, 15) is 43.2 Å². The van der Waals surface area contributed by atoms with Gasteiger partial charge in [0.05, 0.1) is 26.4 Å². The van der Waals surface area contributed by atoms with Crippen molar-refractivity contribution >= 4 is 39.5 Å². The van der Waals surface area contributed by atoms with Crippen molar-refractivity contribution in [3.8, 4) is 0 Å². The van der Waals surface area contributed by atoms with Gasteiger partial charge in [-0.2, -0.15) is 0 Å². The van der Waals surface area contributed by atoms with Crippen LogP contribution in [-0.2, 0) is 65.4 Å². The monoisotopic (exact) mass is 1510 g/mol. The van der Waals surface area contributed by atoms with Gasteiger partial charge in [0.2, 0.25) is 0 Å². The van der Waals surface area contributed by atoms with Crippen LogP contribution in [0.5, 0.6) is 0 Å². The lowest BCUT2D eigenvalue weighted by molar-refractivity contribution is -0.161. The molecule has 612 valence electrons. The molecule has 0 saturated heterocycles. The fourth-order valence-electron chi connectivity index (χ4n) is 13.1. The summed E-state index contributed by atoms with van der Waals surface area (Å²) >= 11 is 0. The number of ether oxygens (including phenoxy) is 4.